The van der Waals surface area contributed by atoms with Crippen LogP contribution in [0.2, 0.25) is 0 Å². The molecule has 2 aliphatic heterocycles. The molecule has 4 rings (SSSR count). The van der Waals surface area contributed by atoms with Crippen LogP contribution in [-0.2, 0) is 17.8 Å². The van der Waals surface area contributed by atoms with E-state index in [0.29, 0.717) is 13.1 Å². The summed E-state index contributed by atoms with van der Waals surface area (Å²) in [6.07, 6.45) is 4.12. The van der Waals surface area contributed by atoms with E-state index in [0.717, 1.165) is 61.8 Å². The van der Waals surface area contributed by atoms with Crippen LogP contribution in [0.1, 0.15) is 42.4 Å². The quantitative estimate of drug-likeness (QED) is 0.792. The van der Waals surface area contributed by atoms with E-state index in [-0.39, 0.29) is 11.9 Å². The van der Waals surface area contributed by atoms with Gasteiger partial charge in [-0.3, -0.25) is 9.69 Å². The molecule has 7 nitrogen and oxygen atoms in total. The zero-order valence-electron chi connectivity index (χ0n) is 18.3. The number of benzene rings is 1. The number of amides is 1. The fraction of sp³-hybridized carbons (Fsp3) is 0.522. The number of nitrogens with one attached hydrogen (secondary N) is 1. The topological polar surface area (TPSA) is 64.6 Å². The number of anilines is 2. The first-order valence-corrected chi connectivity index (χ1v) is 10.9. The maximum atomic E-state index is 13.3. The molecule has 0 aliphatic carbocycles. The maximum absolute atomic E-state index is 13.3. The number of fused-ring (bicyclic) bond motifs is 1. The van der Waals surface area contributed by atoms with Crippen LogP contribution >= 0.6 is 0 Å². The van der Waals surface area contributed by atoms with Crippen molar-refractivity contribution in [1.82, 2.24) is 20.2 Å². The molecule has 1 atom stereocenters. The highest BCUT2D eigenvalue weighted by Gasteiger charge is 2.32. The van der Waals surface area contributed by atoms with Crippen molar-refractivity contribution >= 4 is 17.4 Å². The Morgan fingerprint density at radius 2 is 2.03 bits per heavy atom. The van der Waals surface area contributed by atoms with Gasteiger partial charge in [0.25, 0.3) is 0 Å². The molecule has 7 heteroatoms. The third-order valence-electron chi connectivity index (χ3n) is 6.01. The molecule has 160 valence electrons. The predicted octanol–water partition coefficient (Wildman–Crippen LogP) is 2.38. The van der Waals surface area contributed by atoms with Gasteiger partial charge in [-0.15, -0.1) is 0 Å². The highest BCUT2D eigenvalue weighted by molar-refractivity contribution is 5.96. The third kappa shape index (κ3) is 4.32. The molecular formula is C23H32N6O. The van der Waals surface area contributed by atoms with Crippen molar-refractivity contribution in [2.45, 2.75) is 38.3 Å². The van der Waals surface area contributed by atoms with Crippen molar-refractivity contribution in [3.63, 3.8) is 0 Å². The van der Waals surface area contributed by atoms with Gasteiger partial charge in [0, 0.05) is 38.9 Å². The zero-order chi connectivity index (χ0) is 21.1. The number of nitrogens with zero attached hydrogens (tertiary/aromatic N) is 5. The minimum absolute atomic E-state index is 0.0875. The van der Waals surface area contributed by atoms with Crippen molar-refractivity contribution in [2.75, 3.05) is 50.6 Å². The van der Waals surface area contributed by atoms with E-state index in [9.17, 15) is 4.79 Å². The van der Waals surface area contributed by atoms with Gasteiger partial charge in [0.1, 0.15) is 11.6 Å². The van der Waals surface area contributed by atoms with Crippen LogP contribution in [0.25, 0.3) is 0 Å². The average Bonchev–Trinajstić information content (AvgIpc) is 3.21. The van der Waals surface area contributed by atoms with E-state index in [2.05, 4.69) is 28.4 Å². The molecular weight excluding hydrogens is 376 g/mol. The number of hydrogen-bond donors (Lipinski definition) is 1. The summed E-state index contributed by atoms with van der Waals surface area (Å²) >= 11 is 0. The van der Waals surface area contributed by atoms with Gasteiger partial charge in [0.15, 0.2) is 0 Å². The summed E-state index contributed by atoms with van der Waals surface area (Å²) in [5.41, 5.74) is 3.33. The van der Waals surface area contributed by atoms with Crippen molar-refractivity contribution in [1.29, 1.82) is 0 Å². The summed E-state index contributed by atoms with van der Waals surface area (Å²) in [6.45, 7) is 2.82. The van der Waals surface area contributed by atoms with Gasteiger partial charge in [-0.1, -0.05) is 18.2 Å². The first-order chi connectivity index (χ1) is 14.6. The molecule has 1 aromatic carbocycles. The molecule has 3 heterocycles. The van der Waals surface area contributed by atoms with Crippen LogP contribution in [0.4, 0.5) is 11.5 Å². The second kappa shape index (κ2) is 9.10. The molecule has 30 heavy (non-hydrogen) atoms. The molecule has 2 aromatic rings. The third-order valence-corrected chi connectivity index (χ3v) is 6.01. The van der Waals surface area contributed by atoms with Crippen LogP contribution in [0.3, 0.4) is 0 Å². The molecule has 0 bridgehead atoms. The van der Waals surface area contributed by atoms with Crippen molar-refractivity contribution < 1.29 is 4.79 Å². The molecule has 0 radical (unpaired) electrons. The van der Waals surface area contributed by atoms with Gasteiger partial charge in [-0.05, 0) is 50.9 Å². The summed E-state index contributed by atoms with van der Waals surface area (Å²) in [4.78, 5) is 29.2. The first-order valence-electron chi connectivity index (χ1n) is 10.9. The summed E-state index contributed by atoms with van der Waals surface area (Å²) in [7, 11) is 5.92. The summed E-state index contributed by atoms with van der Waals surface area (Å²) in [6, 6.07) is 10.4. The van der Waals surface area contributed by atoms with Crippen molar-refractivity contribution in [3.8, 4) is 0 Å². The Labute approximate surface area is 179 Å². The van der Waals surface area contributed by atoms with E-state index < -0.39 is 0 Å². The predicted molar refractivity (Wildman–Crippen MR) is 120 cm³/mol. The standard InChI is InChI=1S/C23H32N6O/c1-24-15-18-14-21(27(2)3)26-23(25-18)20-11-7-12-28(20)16-22(30)29-13-6-9-17-8-4-5-10-19(17)29/h4-5,8,10,14,20,24H,6-7,9,11-13,15-16H2,1-3H3/t20-/m1/s1. The lowest BCUT2D eigenvalue weighted by atomic mass is 10.0. The number of aryl methyl sites for hydroxylation is 1. The normalized spacial score (nSPS) is 19.0. The lowest BCUT2D eigenvalue weighted by Crippen LogP contribution is -2.42. The Balaban J connectivity index is 1.54. The van der Waals surface area contributed by atoms with Gasteiger partial charge in [0.05, 0.1) is 18.3 Å². The average molecular weight is 409 g/mol. The largest absolute Gasteiger partial charge is 0.363 e. The number of carbonyl (C=O) groups excluding carboxylic acids is 1. The van der Waals surface area contributed by atoms with E-state index in [1.807, 2.05) is 43.1 Å². The second-order valence-corrected chi connectivity index (χ2v) is 8.41. The van der Waals surface area contributed by atoms with Gasteiger partial charge < -0.3 is 15.1 Å². The number of likely N-dealkylation sites (tertiary alicyclic amines) is 1. The highest BCUT2D eigenvalue weighted by Crippen LogP contribution is 2.32. The van der Waals surface area contributed by atoms with E-state index in [1.165, 1.54) is 5.56 Å². The van der Waals surface area contributed by atoms with E-state index in [4.69, 9.17) is 9.97 Å². The minimum atomic E-state index is 0.0875. The van der Waals surface area contributed by atoms with Crippen LogP contribution in [0.5, 0.6) is 0 Å². The Morgan fingerprint density at radius 1 is 1.20 bits per heavy atom. The fourth-order valence-corrected chi connectivity index (χ4v) is 4.51. The van der Waals surface area contributed by atoms with Gasteiger partial charge in [0.2, 0.25) is 5.91 Å². The molecule has 0 saturated carbocycles. The Kier molecular flexibility index (Phi) is 6.29. The van der Waals surface area contributed by atoms with Crippen LogP contribution in [0.15, 0.2) is 30.3 Å². The fourth-order valence-electron chi connectivity index (χ4n) is 4.51. The number of carbonyl (C=O) groups is 1. The van der Waals surface area contributed by atoms with Gasteiger partial charge in [-0.2, -0.15) is 0 Å². The van der Waals surface area contributed by atoms with E-state index >= 15 is 0 Å². The second-order valence-electron chi connectivity index (χ2n) is 8.41. The van der Waals surface area contributed by atoms with Crippen LogP contribution < -0.4 is 15.1 Å². The molecule has 1 saturated heterocycles. The molecule has 1 aromatic heterocycles. The van der Waals surface area contributed by atoms with E-state index in [1.54, 1.807) is 0 Å². The molecule has 1 fully saturated rings. The maximum Gasteiger partial charge on any atom is 0.241 e. The number of aromatic nitrogens is 2. The molecule has 0 unspecified atom stereocenters. The number of rotatable bonds is 6. The first kappa shape index (κ1) is 20.8. The molecule has 2 aliphatic rings. The van der Waals surface area contributed by atoms with Crippen LogP contribution in [-0.4, -0.2) is 61.6 Å². The van der Waals surface area contributed by atoms with Crippen molar-refractivity contribution in [3.05, 3.63) is 47.4 Å². The number of hydrogen-bond acceptors (Lipinski definition) is 6. The highest BCUT2D eigenvalue weighted by atomic mass is 16.2. The lowest BCUT2D eigenvalue weighted by Gasteiger charge is -2.32. The summed E-state index contributed by atoms with van der Waals surface area (Å²) in [5.74, 6) is 1.91. The minimum Gasteiger partial charge on any atom is -0.363 e. The Hall–Kier alpha value is -2.51. The summed E-state index contributed by atoms with van der Waals surface area (Å²) in [5, 5.41) is 3.18. The smallest absolute Gasteiger partial charge is 0.241 e. The van der Waals surface area contributed by atoms with Crippen molar-refractivity contribution in [2.24, 2.45) is 0 Å². The molecule has 0 spiro atoms. The Morgan fingerprint density at radius 3 is 2.83 bits per heavy atom. The van der Waals surface area contributed by atoms with Gasteiger partial charge in [-0.25, -0.2) is 9.97 Å². The SMILES string of the molecule is CNCc1cc(N(C)C)nc([C@H]2CCCN2CC(=O)N2CCCc3ccccc32)n1. The molecule has 1 N–H and O–H groups in total. The molecule has 1 amide bonds. The van der Waals surface area contributed by atoms with Crippen LogP contribution in [0, 0.1) is 0 Å². The number of para-hydroxylation sites is 1. The zero-order valence-corrected chi connectivity index (χ0v) is 18.3. The lowest BCUT2D eigenvalue weighted by molar-refractivity contribution is -0.120. The Bertz CT molecular complexity index is 899. The summed E-state index contributed by atoms with van der Waals surface area (Å²) < 4.78 is 0. The van der Waals surface area contributed by atoms with Gasteiger partial charge >= 0.3 is 0 Å². The monoisotopic (exact) mass is 408 g/mol.